The van der Waals surface area contributed by atoms with Crippen LogP contribution in [0.25, 0.3) is 0 Å². The molecule has 0 spiro atoms. The molecule has 0 heterocycles. The molecule has 1 aliphatic carbocycles. The Hall–Kier alpha value is -0.330. The number of halogens is 3. The van der Waals surface area contributed by atoms with E-state index in [2.05, 4.69) is 0 Å². The maximum atomic E-state index is 12.9. The molecule has 0 radical (unpaired) electrons. The second-order valence-electron chi connectivity index (χ2n) is 5.99. The van der Waals surface area contributed by atoms with Crippen molar-refractivity contribution in [3.05, 3.63) is 0 Å². The Kier molecular flexibility index (Phi) is 5.65. The zero-order valence-corrected chi connectivity index (χ0v) is 12.1. The van der Waals surface area contributed by atoms with Crippen LogP contribution in [0.5, 0.6) is 0 Å². The van der Waals surface area contributed by atoms with Crippen molar-refractivity contribution < 1.29 is 13.2 Å². The van der Waals surface area contributed by atoms with Gasteiger partial charge in [0.1, 0.15) is 0 Å². The van der Waals surface area contributed by atoms with Crippen LogP contribution in [0, 0.1) is 5.92 Å². The molecule has 0 aromatic heterocycles. The van der Waals surface area contributed by atoms with Crippen molar-refractivity contribution in [3.8, 4) is 0 Å². The SMILES string of the molecule is CN(C)CCN(C)C1(CN)CCCC(C(F)(F)F)C1. The Morgan fingerprint density at radius 1 is 1.21 bits per heavy atom. The van der Waals surface area contributed by atoms with Gasteiger partial charge in [-0.05, 0) is 40.4 Å². The summed E-state index contributed by atoms with van der Waals surface area (Å²) in [6, 6.07) is 0. The van der Waals surface area contributed by atoms with E-state index in [0.717, 1.165) is 19.5 Å². The van der Waals surface area contributed by atoms with E-state index in [1.165, 1.54) is 0 Å². The van der Waals surface area contributed by atoms with Crippen molar-refractivity contribution in [3.63, 3.8) is 0 Å². The van der Waals surface area contributed by atoms with Gasteiger partial charge < -0.3 is 10.6 Å². The number of alkyl halides is 3. The topological polar surface area (TPSA) is 32.5 Å². The maximum Gasteiger partial charge on any atom is 0.391 e. The third-order valence-corrected chi connectivity index (χ3v) is 4.36. The summed E-state index contributed by atoms with van der Waals surface area (Å²) >= 11 is 0. The van der Waals surface area contributed by atoms with E-state index in [4.69, 9.17) is 5.73 Å². The van der Waals surface area contributed by atoms with Crippen LogP contribution in [-0.4, -0.2) is 62.3 Å². The molecule has 0 aliphatic heterocycles. The lowest BCUT2D eigenvalue weighted by atomic mass is 9.74. The third kappa shape index (κ3) is 4.33. The van der Waals surface area contributed by atoms with Crippen molar-refractivity contribution in [2.24, 2.45) is 11.7 Å². The van der Waals surface area contributed by atoms with E-state index in [-0.39, 0.29) is 12.8 Å². The van der Waals surface area contributed by atoms with Gasteiger partial charge in [0, 0.05) is 25.2 Å². The lowest BCUT2D eigenvalue weighted by Crippen LogP contribution is -2.57. The fourth-order valence-electron chi connectivity index (χ4n) is 2.89. The quantitative estimate of drug-likeness (QED) is 0.836. The summed E-state index contributed by atoms with van der Waals surface area (Å²) in [6.07, 6.45) is -2.35. The van der Waals surface area contributed by atoms with Crippen LogP contribution in [0.4, 0.5) is 13.2 Å². The molecule has 0 bridgehead atoms. The smallest absolute Gasteiger partial charge is 0.329 e. The Morgan fingerprint density at radius 3 is 2.32 bits per heavy atom. The summed E-state index contributed by atoms with van der Waals surface area (Å²) in [6.45, 7) is 1.87. The van der Waals surface area contributed by atoms with Gasteiger partial charge >= 0.3 is 6.18 Å². The van der Waals surface area contributed by atoms with Crippen LogP contribution < -0.4 is 5.73 Å². The van der Waals surface area contributed by atoms with Crippen molar-refractivity contribution in [1.29, 1.82) is 0 Å². The van der Waals surface area contributed by atoms with Gasteiger partial charge in [0.2, 0.25) is 0 Å². The molecule has 114 valence electrons. The highest BCUT2D eigenvalue weighted by molar-refractivity contribution is 4.97. The van der Waals surface area contributed by atoms with Crippen molar-refractivity contribution in [2.45, 2.75) is 37.4 Å². The molecular formula is C13H26F3N3. The summed E-state index contributed by atoms with van der Waals surface area (Å²) in [5.74, 6) is -1.20. The van der Waals surface area contributed by atoms with Crippen LogP contribution >= 0.6 is 0 Å². The molecule has 0 aromatic carbocycles. The minimum atomic E-state index is -4.09. The molecule has 6 heteroatoms. The summed E-state index contributed by atoms with van der Waals surface area (Å²) in [4.78, 5) is 4.07. The number of nitrogens with two attached hydrogens (primary N) is 1. The van der Waals surface area contributed by atoms with Crippen LogP contribution in [0.1, 0.15) is 25.7 Å². The first-order chi connectivity index (χ1) is 8.71. The standard InChI is InChI=1S/C13H26F3N3/c1-18(2)7-8-19(3)12(10-17)6-4-5-11(9-12)13(14,15)16/h11H,4-10,17H2,1-3H3. The van der Waals surface area contributed by atoms with Crippen molar-refractivity contribution in [2.75, 3.05) is 40.8 Å². The van der Waals surface area contributed by atoms with Crippen molar-refractivity contribution in [1.82, 2.24) is 9.80 Å². The average molecular weight is 281 g/mol. The lowest BCUT2D eigenvalue weighted by Gasteiger charge is -2.47. The Morgan fingerprint density at radius 2 is 1.84 bits per heavy atom. The van der Waals surface area contributed by atoms with E-state index >= 15 is 0 Å². The number of rotatable bonds is 5. The highest BCUT2D eigenvalue weighted by Gasteiger charge is 2.48. The van der Waals surface area contributed by atoms with E-state index in [1.54, 1.807) is 0 Å². The van der Waals surface area contributed by atoms with Crippen LogP contribution in [0.2, 0.25) is 0 Å². The number of nitrogens with zero attached hydrogens (tertiary/aromatic N) is 2. The van der Waals surface area contributed by atoms with Gasteiger partial charge in [-0.15, -0.1) is 0 Å². The fraction of sp³-hybridized carbons (Fsp3) is 1.00. The molecule has 0 aromatic rings. The second-order valence-corrected chi connectivity index (χ2v) is 5.99. The number of hydrogen-bond donors (Lipinski definition) is 1. The van der Waals surface area contributed by atoms with Crippen molar-refractivity contribution >= 4 is 0 Å². The van der Waals surface area contributed by atoms with Crippen LogP contribution in [-0.2, 0) is 0 Å². The first-order valence-electron chi connectivity index (χ1n) is 6.84. The van der Waals surface area contributed by atoms with Gasteiger partial charge in [-0.2, -0.15) is 13.2 Å². The molecule has 1 aliphatic rings. The maximum absolute atomic E-state index is 12.9. The Balaban J connectivity index is 2.73. The summed E-state index contributed by atoms with van der Waals surface area (Å²) in [5, 5.41) is 0. The Labute approximate surface area is 113 Å². The van der Waals surface area contributed by atoms with Gasteiger partial charge in [0.25, 0.3) is 0 Å². The molecule has 3 nitrogen and oxygen atoms in total. The zero-order chi connectivity index (χ0) is 14.7. The molecular weight excluding hydrogens is 255 g/mol. The summed E-state index contributed by atoms with van der Waals surface area (Å²) in [7, 11) is 5.82. The van der Waals surface area contributed by atoms with Gasteiger partial charge in [0.05, 0.1) is 5.92 Å². The highest BCUT2D eigenvalue weighted by atomic mass is 19.4. The normalized spacial score (nSPS) is 29.2. The van der Waals surface area contributed by atoms with E-state index < -0.39 is 17.6 Å². The second kappa shape index (κ2) is 6.41. The molecule has 1 rings (SSSR count). The lowest BCUT2D eigenvalue weighted by molar-refractivity contribution is -0.193. The number of hydrogen-bond acceptors (Lipinski definition) is 3. The fourth-order valence-corrected chi connectivity index (χ4v) is 2.89. The average Bonchev–Trinajstić information content (AvgIpc) is 2.34. The number of likely N-dealkylation sites (N-methyl/N-ethyl adjacent to an activating group) is 2. The highest BCUT2D eigenvalue weighted by Crippen LogP contribution is 2.43. The minimum Gasteiger partial charge on any atom is -0.329 e. The van der Waals surface area contributed by atoms with Crippen LogP contribution in [0.15, 0.2) is 0 Å². The molecule has 19 heavy (non-hydrogen) atoms. The van der Waals surface area contributed by atoms with Gasteiger partial charge in [-0.25, -0.2) is 0 Å². The molecule has 2 unspecified atom stereocenters. The summed E-state index contributed by atoms with van der Waals surface area (Å²) < 4.78 is 38.8. The summed E-state index contributed by atoms with van der Waals surface area (Å²) in [5.41, 5.74) is 5.34. The molecule has 2 atom stereocenters. The van der Waals surface area contributed by atoms with E-state index in [0.29, 0.717) is 13.0 Å². The molecule has 1 fully saturated rings. The molecule has 2 N–H and O–H groups in total. The van der Waals surface area contributed by atoms with Crippen LogP contribution in [0.3, 0.4) is 0 Å². The predicted molar refractivity (Wildman–Crippen MR) is 71.0 cm³/mol. The van der Waals surface area contributed by atoms with E-state index in [1.807, 2.05) is 30.9 Å². The monoisotopic (exact) mass is 281 g/mol. The van der Waals surface area contributed by atoms with Gasteiger partial charge in [0.15, 0.2) is 0 Å². The Bertz CT molecular complexity index is 281. The minimum absolute atomic E-state index is 0.136. The molecule has 1 saturated carbocycles. The molecule has 0 amide bonds. The van der Waals surface area contributed by atoms with Gasteiger partial charge in [-0.3, -0.25) is 4.90 Å². The third-order valence-electron chi connectivity index (χ3n) is 4.36. The van der Waals surface area contributed by atoms with E-state index in [9.17, 15) is 13.2 Å². The first-order valence-corrected chi connectivity index (χ1v) is 6.84. The predicted octanol–water partition coefficient (Wildman–Crippen LogP) is 1.93. The first kappa shape index (κ1) is 16.7. The zero-order valence-electron chi connectivity index (χ0n) is 12.1. The van der Waals surface area contributed by atoms with Gasteiger partial charge in [-0.1, -0.05) is 6.42 Å². The largest absolute Gasteiger partial charge is 0.391 e. The molecule has 0 saturated heterocycles.